The molecule has 1 aromatic carbocycles. The van der Waals surface area contributed by atoms with Gasteiger partial charge in [0.1, 0.15) is 0 Å². The second-order valence-corrected chi connectivity index (χ2v) is 5.36. The molecular formula is C16H17NO3. The van der Waals surface area contributed by atoms with Crippen LogP contribution in [0.1, 0.15) is 18.4 Å². The van der Waals surface area contributed by atoms with Gasteiger partial charge in [-0.05, 0) is 30.9 Å². The summed E-state index contributed by atoms with van der Waals surface area (Å²) in [7, 11) is 0. The van der Waals surface area contributed by atoms with Crippen molar-refractivity contribution in [3.05, 3.63) is 42.0 Å². The van der Waals surface area contributed by atoms with Gasteiger partial charge in [0, 0.05) is 12.2 Å². The van der Waals surface area contributed by atoms with Crippen LogP contribution < -0.4 is 4.90 Å². The lowest BCUT2D eigenvalue weighted by Gasteiger charge is -2.28. The van der Waals surface area contributed by atoms with E-state index in [1.807, 2.05) is 36.4 Å². The Morgan fingerprint density at radius 1 is 1.10 bits per heavy atom. The molecule has 1 amide bonds. The standard InChI is InChI=1S/C16H17NO3/c18-15(12-6-2-3-7-13(12)16(19)20)17-10-9-11-5-1-4-8-14(11)17/h1-5,8,12-13H,6-7,9-10H2,(H,19,20)/t12-,13+/m1/s1. The molecule has 0 aromatic heterocycles. The molecule has 0 radical (unpaired) electrons. The van der Waals surface area contributed by atoms with Gasteiger partial charge in [-0.2, -0.15) is 0 Å². The number of allylic oxidation sites excluding steroid dienone is 2. The van der Waals surface area contributed by atoms with Gasteiger partial charge < -0.3 is 10.0 Å². The van der Waals surface area contributed by atoms with Crippen LogP contribution in [-0.4, -0.2) is 23.5 Å². The molecule has 0 saturated heterocycles. The number of nitrogens with zero attached hydrogens (tertiary/aromatic N) is 1. The largest absolute Gasteiger partial charge is 0.481 e. The summed E-state index contributed by atoms with van der Waals surface area (Å²) in [6.45, 7) is 0.657. The molecule has 0 unspecified atom stereocenters. The van der Waals surface area contributed by atoms with E-state index in [0.29, 0.717) is 19.4 Å². The molecule has 2 aliphatic rings. The Morgan fingerprint density at radius 2 is 1.80 bits per heavy atom. The molecule has 1 heterocycles. The number of benzene rings is 1. The van der Waals surface area contributed by atoms with Crippen molar-refractivity contribution in [2.45, 2.75) is 19.3 Å². The summed E-state index contributed by atoms with van der Waals surface area (Å²) in [5.74, 6) is -1.96. The Bertz CT molecular complexity index is 579. The normalized spacial score (nSPS) is 24.5. The van der Waals surface area contributed by atoms with Crippen LogP contribution >= 0.6 is 0 Å². The summed E-state index contributed by atoms with van der Waals surface area (Å²) < 4.78 is 0. The second kappa shape index (κ2) is 5.12. The van der Waals surface area contributed by atoms with E-state index >= 15 is 0 Å². The Morgan fingerprint density at radius 3 is 2.55 bits per heavy atom. The maximum Gasteiger partial charge on any atom is 0.307 e. The first-order chi connectivity index (χ1) is 9.68. The minimum absolute atomic E-state index is 0.0494. The number of anilines is 1. The van der Waals surface area contributed by atoms with Crippen LogP contribution in [0.25, 0.3) is 0 Å². The zero-order valence-electron chi connectivity index (χ0n) is 11.2. The third-order valence-corrected chi connectivity index (χ3v) is 4.22. The molecule has 0 saturated carbocycles. The highest BCUT2D eigenvalue weighted by atomic mass is 16.4. The molecule has 0 fully saturated rings. The van der Waals surface area contributed by atoms with Crippen molar-refractivity contribution in [1.82, 2.24) is 0 Å². The molecule has 20 heavy (non-hydrogen) atoms. The van der Waals surface area contributed by atoms with Gasteiger partial charge in [-0.15, -0.1) is 0 Å². The minimum Gasteiger partial charge on any atom is -0.481 e. The third-order valence-electron chi connectivity index (χ3n) is 4.22. The van der Waals surface area contributed by atoms with Crippen LogP contribution in [0.5, 0.6) is 0 Å². The zero-order valence-corrected chi connectivity index (χ0v) is 11.2. The number of para-hydroxylation sites is 1. The molecule has 104 valence electrons. The van der Waals surface area contributed by atoms with Gasteiger partial charge in [-0.25, -0.2) is 0 Å². The van der Waals surface area contributed by atoms with Crippen molar-refractivity contribution in [2.75, 3.05) is 11.4 Å². The van der Waals surface area contributed by atoms with Gasteiger partial charge in [0.15, 0.2) is 0 Å². The van der Waals surface area contributed by atoms with Crippen LogP contribution in [0.15, 0.2) is 36.4 Å². The quantitative estimate of drug-likeness (QED) is 0.839. The number of carbonyl (C=O) groups is 2. The molecule has 4 heteroatoms. The van der Waals surface area contributed by atoms with Crippen LogP contribution in [0.2, 0.25) is 0 Å². The maximum absolute atomic E-state index is 12.7. The Labute approximate surface area is 117 Å². The monoisotopic (exact) mass is 271 g/mol. The highest BCUT2D eigenvalue weighted by molar-refractivity contribution is 5.99. The fourth-order valence-corrected chi connectivity index (χ4v) is 3.13. The van der Waals surface area contributed by atoms with E-state index < -0.39 is 17.8 Å². The lowest BCUT2D eigenvalue weighted by atomic mass is 9.82. The summed E-state index contributed by atoms with van der Waals surface area (Å²) in [5.41, 5.74) is 2.11. The van der Waals surface area contributed by atoms with Gasteiger partial charge in [0.05, 0.1) is 11.8 Å². The third kappa shape index (κ3) is 2.11. The van der Waals surface area contributed by atoms with E-state index in [9.17, 15) is 14.7 Å². The zero-order chi connectivity index (χ0) is 14.1. The molecule has 1 aliphatic heterocycles. The molecule has 0 spiro atoms. The predicted molar refractivity (Wildman–Crippen MR) is 75.5 cm³/mol. The first kappa shape index (κ1) is 12.9. The number of carboxylic acid groups (broad SMARTS) is 1. The number of aliphatic carboxylic acids is 1. The van der Waals surface area contributed by atoms with Gasteiger partial charge in [0.2, 0.25) is 5.91 Å². The highest BCUT2D eigenvalue weighted by Gasteiger charge is 2.38. The van der Waals surface area contributed by atoms with Crippen LogP contribution in [0.4, 0.5) is 5.69 Å². The Hall–Kier alpha value is -2.10. The number of fused-ring (bicyclic) bond motifs is 1. The van der Waals surface area contributed by atoms with Crippen LogP contribution in [-0.2, 0) is 16.0 Å². The van der Waals surface area contributed by atoms with E-state index in [1.54, 1.807) is 4.90 Å². The van der Waals surface area contributed by atoms with Crippen LogP contribution in [0.3, 0.4) is 0 Å². The Balaban J connectivity index is 1.86. The fourth-order valence-electron chi connectivity index (χ4n) is 3.13. The van der Waals surface area contributed by atoms with E-state index in [2.05, 4.69) is 0 Å². The lowest BCUT2D eigenvalue weighted by Crippen LogP contribution is -2.41. The Kier molecular flexibility index (Phi) is 3.30. The second-order valence-electron chi connectivity index (χ2n) is 5.36. The topological polar surface area (TPSA) is 57.6 Å². The van der Waals surface area contributed by atoms with Gasteiger partial charge >= 0.3 is 5.97 Å². The van der Waals surface area contributed by atoms with E-state index in [4.69, 9.17) is 0 Å². The molecule has 4 nitrogen and oxygen atoms in total. The number of amides is 1. The smallest absolute Gasteiger partial charge is 0.307 e. The van der Waals surface area contributed by atoms with Crippen molar-refractivity contribution >= 4 is 17.6 Å². The number of carbonyl (C=O) groups excluding carboxylic acids is 1. The van der Waals surface area contributed by atoms with Crippen molar-refractivity contribution in [1.29, 1.82) is 0 Å². The first-order valence-corrected chi connectivity index (χ1v) is 6.95. The number of rotatable bonds is 2. The van der Waals surface area contributed by atoms with Crippen molar-refractivity contribution < 1.29 is 14.7 Å². The van der Waals surface area contributed by atoms with Gasteiger partial charge in [-0.3, -0.25) is 9.59 Å². The number of hydrogen-bond acceptors (Lipinski definition) is 2. The first-order valence-electron chi connectivity index (χ1n) is 6.95. The molecular weight excluding hydrogens is 254 g/mol. The van der Waals surface area contributed by atoms with E-state index in [0.717, 1.165) is 12.1 Å². The fraction of sp³-hybridized carbons (Fsp3) is 0.375. The summed E-state index contributed by atoms with van der Waals surface area (Å²) in [6.07, 6.45) is 5.60. The lowest BCUT2D eigenvalue weighted by molar-refractivity contribution is -0.146. The van der Waals surface area contributed by atoms with Crippen LogP contribution in [0, 0.1) is 11.8 Å². The molecule has 0 bridgehead atoms. The van der Waals surface area contributed by atoms with Crippen molar-refractivity contribution in [2.24, 2.45) is 11.8 Å². The predicted octanol–water partition coefficient (Wildman–Crippen LogP) is 2.24. The van der Waals surface area contributed by atoms with Crippen molar-refractivity contribution in [3.63, 3.8) is 0 Å². The van der Waals surface area contributed by atoms with E-state index in [1.165, 1.54) is 5.56 Å². The maximum atomic E-state index is 12.7. The average Bonchev–Trinajstić information content (AvgIpc) is 2.90. The van der Waals surface area contributed by atoms with Gasteiger partial charge in [0.25, 0.3) is 0 Å². The van der Waals surface area contributed by atoms with Crippen molar-refractivity contribution in [3.8, 4) is 0 Å². The summed E-state index contributed by atoms with van der Waals surface area (Å²) >= 11 is 0. The number of hydrogen-bond donors (Lipinski definition) is 1. The minimum atomic E-state index is -0.875. The molecule has 1 N–H and O–H groups in total. The molecule has 1 aromatic rings. The average molecular weight is 271 g/mol. The molecule has 1 aliphatic carbocycles. The van der Waals surface area contributed by atoms with E-state index in [-0.39, 0.29) is 5.91 Å². The SMILES string of the molecule is O=C(O)[C@H]1CC=CC[C@H]1C(=O)N1CCc2ccccc21. The summed E-state index contributed by atoms with van der Waals surface area (Å²) in [6, 6.07) is 7.85. The number of carboxylic acids is 1. The van der Waals surface area contributed by atoms with Gasteiger partial charge in [-0.1, -0.05) is 30.4 Å². The highest BCUT2D eigenvalue weighted by Crippen LogP contribution is 2.33. The summed E-state index contributed by atoms with van der Waals surface area (Å²) in [5, 5.41) is 9.29. The summed E-state index contributed by atoms with van der Waals surface area (Å²) in [4.78, 5) is 25.8. The molecule has 2 atom stereocenters. The molecule has 3 rings (SSSR count).